The highest BCUT2D eigenvalue weighted by molar-refractivity contribution is 7.86. The average molecular weight is 574 g/mol. The Labute approximate surface area is 228 Å². The number of carbonyl (C=O) groups excluding carboxylic acids is 1. The van der Waals surface area contributed by atoms with Crippen LogP contribution < -0.4 is 10.1 Å². The van der Waals surface area contributed by atoms with E-state index in [1.54, 1.807) is 49.4 Å². The first kappa shape index (κ1) is 27.3. The van der Waals surface area contributed by atoms with Crippen LogP contribution in [0.5, 0.6) is 11.5 Å². The van der Waals surface area contributed by atoms with Gasteiger partial charge in [-0.15, -0.1) is 10.2 Å². The summed E-state index contributed by atoms with van der Waals surface area (Å²) in [5.74, 6) is -0.915. The molecule has 0 atom stereocenters. The van der Waals surface area contributed by atoms with Gasteiger partial charge in [0.05, 0.1) is 22.7 Å². The van der Waals surface area contributed by atoms with Crippen molar-refractivity contribution in [2.45, 2.75) is 18.2 Å². The zero-order valence-electron chi connectivity index (χ0n) is 20.1. The van der Waals surface area contributed by atoms with Crippen LogP contribution >= 0.6 is 23.2 Å². The molecule has 0 bridgehead atoms. The molecule has 0 heterocycles. The number of azo groups is 1. The first-order valence-corrected chi connectivity index (χ1v) is 13.4. The third-order valence-corrected chi connectivity index (χ3v) is 7.32. The topological polar surface area (TPSA) is 138 Å². The summed E-state index contributed by atoms with van der Waals surface area (Å²) < 4.78 is 39.4. The number of fused-ring (bicyclic) bond motifs is 1. The number of para-hydroxylation sites is 1. The van der Waals surface area contributed by atoms with Gasteiger partial charge >= 0.3 is 0 Å². The Morgan fingerprint density at radius 2 is 1.71 bits per heavy atom. The number of hydrogen-bond acceptors (Lipinski definition) is 7. The Balaban J connectivity index is 1.88. The molecule has 0 fully saturated rings. The van der Waals surface area contributed by atoms with Gasteiger partial charge in [-0.25, -0.2) is 0 Å². The number of nitrogens with one attached hydrogen (secondary N) is 1. The van der Waals surface area contributed by atoms with Gasteiger partial charge < -0.3 is 15.2 Å². The fourth-order valence-corrected chi connectivity index (χ4v) is 5.32. The summed E-state index contributed by atoms with van der Waals surface area (Å²) in [5, 5.41) is 23.0. The number of phenolic OH excluding ortho intramolecular Hbond substituents is 1. The minimum absolute atomic E-state index is 0.0814. The predicted molar refractivity (Wildman–Crippen MR) is 146 cm³/mol. The van der Waals surface area contributed by atoms with E-state index < -0.39 is 26.7 Å². The molecule has 12 heteroatoms. The number of aryl methyl sites for hydroxylation is 1. The monoisotopic (exact) mass is 573 g/mol. The highest BCUT2D eigenvalue weighted by Crippen LogP contribution is 2.42. The number of anilines is 1. The second-order valence-corrected chi connectivity index (χ2v) is 10.2. The fourth-order valence-electron chi connectivity index (χ4n) is 3.92. The van der Waals surface area contributed by atoms with Crippen LogP contribution in [0.4, 0.5) is 17.1 Å². The summed E-state index contributed by atoms with van der Waals surface area (Å²) in [4.78, 5) is 12.8. The Bertz CT molecular complexity index is 1710. The molecule has 0 saturated carbocycles. The van der Waals surface area contributed by atoms with E-state index in [4.69, 9.17) is 27.9 Å². The Morgan fingerprint density at radius 1 is 1.00 bits per heavy atom. The van der Waals surface area contributed by atoms with Crippen LogP contribution in [0.1, 0.15) is 22.8 Å². The van der Waals surface area contributed by atoms with Crippen LogP contribution in [0.3, 0.4) is 0 Å². The molecule has 0 aromatic heterocycles. The lowest BCUT2D eigenvalue weighted by atomic mass is 10.0. The zero-order valence-corrected chi connectivity index (χ0v) is 22.4. The molecule has 0 aliphatic rings. The van der Waals surface area contributed by atoms with Crippen LogP contribution in [-0.4, -0.2) is 31.1 Å². The van der Waals surface area contributed by atoms with Gasteiger partial charge in [0.15, 0.2) is 5.75 Å². The number of methoxy groups -OCH3 is 1. The molecular formula is C26H21Cl2N3O6S. The minimum Gasteiger partial charge on any atom is -0.505 e. The number of halogens is 2. The quantitative estimate of drug-likeness (QED) is 0.156. The molecular weight excluding hydrogens is 553 g/mol. The Kier molecular flexibility index (Phi) is 7.89. The number of aromatic hydroxyl groups is 1. The number of nitrogens with zero attached hydrogens (tertiary/aromatic N) is 2. The highest BCUT2D eigenvalue weighted by Gasteiger charge is 2.24. The first-order chi connectivity index (χ1) is 18.1. The van der Waals surface area contributed by atoms with Crippen molar-refractivity contribution in [2.24, 2.45) is 10.2 Å². The molecule has 4 rings (SSSR count). The van der Waals surface area contributed by atoms with Gasteiger partial charge in [0.25, 0.3) is 16.0 Å². The molecule has 9 nitrogen and oxygen atoms in total. The SMILES string of the molecule is CCc1ccc(Cl)c(N=Nc2c(O)c(C(=O)Nc3c(Cl)cccc3OC)cc3ccccc23)c1S(=O)(=O)O. The first-order valence-electron chi connectivity index (χ1n) is 11.2. The van der Waals surface area contributed by atoms with E-state index in [1.165, 1.54) is 25.3 Å². The second kappa shape index (κ2) is 11.0. The van der Waals surface area contributed by atoms with Crippen molar-refractivity contribution in [1.29, 1.82) is 0 Å². The van der Waals surface area contributed by atoms with Gasteiger partial charge in [-0.2, -0.15) is 8.42 Å². The third kappa shape index (κ3) is 5.30. The van der Waals surface area contributed by atoms with Gasteiger partial charge in [0.1, 0.15) is 27.7 Å². The second-order valence-electron chi connectivity index (χ2n) is 8.03. The number of ether oxygens (including phenoxy) is 1. The summed E-state index contributed by atoms with van der Waals surface area (Å²) >= 11 is 12.5. The summed E-state index contributed by atoms with van der Waals surface area (Å²) in [5.41, 5.74) is -0.0746. The van der Waals surface area contributed by atoms with Crippen molar-refractivity contribution in [3.8, 4) is 11.5 Å². The Hall–Kier alpha value is -3.70. The lowest BCUT2D eigenvalue weighted by Gasteiger charge is -2.14. The molecule has 0 saturated heterocycles. The number of benzene rings is 4. The van der Waals surface area contributed by atoms with Crippen LogP contribution in [0, 0.1) is 0 Å². The van der Waals surface area contributed by atoms with E-state index in [1.807, 2.05) is 0 Å². The van der Waals surface area contributed by atoms with E-state index >= 15 is 0 Å². The summed E-state index contributed by atoms with van der Waals surface area (Å²) in [6.45, 7) is 1.70. The maximum absolute atomic E-state index is 13.3. The third-order valence-electron chi connectivity index (χ3n) is 5.73. The largest absolute Gasteiger partial charge is 0.505 e. The summed E-state index contributed by atoms with van der Waals surface area (Å²) in [6, 6.07) is 16.0. The van der Waals surface area contributed by atoms with Gasteiger partial charge in [-0.05, 0) is 41.6 Å². The zero-order chi connectivity index (χ0) is 27.6. The molecule has 0 spiro atoms. The van der Waals surface area contributed by atoms with Crippen molar-refractivity contribution in [1.82, 2.24) is 0 Å². The van der Waals surface area contributed by atoms with E-state index in [0.29, 0.717) is 16.5 Å². The highest BCUT2D eigenvalue weighted by atomic mass is 35.5. The molecule has 38 heavy (non-hydrogen) atoms. The van der Waals surface area contributed by atoms with Crippen molar-refractivity contribution in [3.05, 3.63) is 81.8 Å². The van der Waals surface area contributed by atoms with E-state index in [2.05, 4.69) is 15.5 Å². The lowest BCUT2D eigenvalue weighted by Crippen LogP contribution is -2.13. The van der Waals surface area contributed by atoms with Gasteiger partial charge in [0, 0.05) is 5.39 Å². The van der Waals surface area contributed by atoms with Crippen LogP contribution in [0.2, 0.25) is 10.0 Å². The van der Waals surface area contributed by atoms with E-state index in [-0.39, 0.29) is 44.7 Å². The smallest absolute Gasteiger partial charge is 0.297 e. The van der Waals surface area contributed by atoms with Crippen molar-refractivity contribution in [3.63, 3.8) is 0 Å². The fraction of sp³-hybridized carbons (Fsp3) is 0.115. The number of hydrogen-bond donors (Lipinski definition) is 3. The summed E-state index contributed by atoms with van der Waals surface area (Å²) in [7, 11) is -3.29. The molecule has 4 aromatic carbocycles. The van der Waals surface area contributed by atoms with E-state index in [0.717, 1.165) is 0 Å². The minimum atomic E-state index is -4.71. The molecule has 3 N–H and O–H groups in total. The molecule has 0 aliphatic heterocycles. The maximum Gasteiger partial charge on any atom is 0.297 e. The standard InChI is InChI=1S/C26H21Cl2N3O6S/c1-3-14-11-12-19(28)23(25(14)38(34,35)36)31-30-21-16-8-5-4-7-15(16)13-17(24(21)32)26(33)29-22-18(27)9-6-10-20(22)37-2/h4-13,32H,3H2,1-2H3,(H,29,33)(H,34,35,36). The molecule has 0 aliphatic carbocycles. The van der Waals surface area contributed by atoms with Crippen molar-refractivity contribution in [2.75, 3.05) is 12.4 Å². The number of amides is 1. The molecule has 4 aromatic rings. The molecule has 0 radical (unpaired) electrons. The molecule has 0 unspecified atom stereocenters. The maximum atomic E-state index is 13.3. The van der Waals surface area contributed by atoms with E-state index in [9.17, 15) is 22.9 Å². The number of rotatable bonds is 7. The number of carbonyl (C=O) groups is 1. The predicted octanol–water partition coefficient (Wildman–Crippen LogP) is 7.34. The van der Waals surface area contributed by atoms with Crippen molar-refractivity contribution >= 4 is 67.1 Å². The summed E-state index contributed by atoms with van der Waals surface area (Å²) in [6.07, 6.45) is 0.268. The van der Waals surface area contributed by atoms with Crippen LogP contribution in [-0.2, 0) is 16.5 Å². The number of phenols is 1. The average Bonchev–Trinajstić information content (AvgIpc) is 2.88. The Morgan fingerprint density at radius 3 is 2.39 bits per heavy atom. The van der Waals surface area contributed by atoms with Crippen molar-refractivity contribution < 1.29 is 27.6 Å². The lowest BCUT2D eigenvalue weighted by molar-refractivity contribution is 0.102. The van der Waals surface area contributed by atoms with Crippen LogP contribution in [0.15, 0.2) is 75.8 Å². The normalized spacial score (nSPS) is 11.7. The van der Waals surface area contributed by atoms with Gasteiger partial charge in [0.2, 0.25) is 0 Å². The van der Waals surface area contributed by atoms with Gasteiger partial charge in [-0.3, -0.25) is 9.35 Å². The van der Waals surface area contributed by atoms with Crippen LogP contribution in [0.25, 0.3) is 10.8 Å². The molecule has 196 valence electrons. The van der Waals surface area contributed by atoms with Gasteiger partial charge in [-0.1, -0.05) is 66.5 Å². The molecule has 1 amide bonds.